The Labute approximate surface area is 124 Å². The van der Waals surface area contributed by atoms with Crippen LogP contribution in [-0.4, -0.2) is 34.5 Å². The molecule has 0 spiro atoms. The van der Waals surface area contributed by atoms with Gasteiger partial charge in [0.2, 0.25) is 0 Å². The zero-order valence-electron chi connectivity index (χ0n) is 12.4. The summed E-state index contributed by atoms with van der Waals surface area (Å²) in [6.07, 6.45) is 6.00. The van der Waals surface area contributed by atoms with Crippen molar-refractivity contribution in [3.63, 3.8) is 0 Å². The summed E-state index contributed by atoms with van der Waals surface area (Å²) in [4.78, 5) is 23.6. The molecule has 2 heterocycles. The highest BCUT2D eigenvalue weighted by Gasteiger charge is 2.09. The number of rotatable bonds is 7. The van der Waals surface area contributed by atoms with Gasteiger partial charge in [-0.05, 0) is 18.6 Å². The first-order chi connectivity index (χ1) is 10.2. The van der Waals surface area contributed by atoms with Crippen molar-refractivity contribution in [3.8, 4) is 0 Å². The van der Waals surface area contributed by atoms with Gasteiger partial charge in [-0.2, -0.15) is 0 Å². The standard InChI is InChI=1S/C15H21N5O/c1-3-4-12-7-11(8-14(16-2)20-12)15(21)18-6-5-13-9-17-10-19-13/h7-10H,3-6H2,1-2H3,(H,16,20)(H,17,19)(H,18,21). The van der Waals surface area contributed by atoms with Crippen molar-refractivity contribution in [2.45, 2.75) is 26.2 Å². The molecule has 0 saturated heterocycles. The van der Waals surface area contributed by atoms with Crippen LogP contribution in [0.25, 0.3) is 0 Å². The maximum absolute atomic E-state index is 12.2. The first-order valence-electron chi connectivity index (χ1n) is 7.17. The number of nitrogens with zero attached hydrogens (tertiary/aromatic N) is 2. The lowest BCUT2D eigenvalue weighted by atomic mass is 10.1. The summed E-state index contributed by atoms with van der Waals surface area (Å²) in [5.41, 5.74) is 2.58. The highest BCUT2D eigenvalue weighted by Crippen LogP contribution is 2.11. The number of carbonyl (C=O) groups is 1. The molecule has 2 aromatic heterocycles. The largest absolute Gasteiger partial charge is 0.373 e. The van der Waals surface area contributed by atoms with Gasteiger partial charge < -0.3 is 15.6 Å². The second-order valence-electron chi connectivity index (χ2n) is 4.82. The van der Waals surface area contributed by atoms with Crippen molar-refractivity contribution < 1.29 is 4.79 Å². The van der Waals surface area contributed by atoms with E-state index in [1.165, 1.54) is 0 Å². The Hall–Kier alpha value is -2.37. The van der Waals surface area contributed by atoms with E-state index < -0.39 is 0 Å². The zero-order valence-corrected chi connectivity index (χ0v) is 12.4. The summed E-state index contributed by atoms with van der Waals surface area (Å²) >= 11 is 0. The summed E-state index contributed by atoms with van der Waals surface area (Å²) in [5, 5.41) is 5.91. The molecule has 2 rings (SSSR count). The number of imidazole rings is 1. The van der Waals surface area contributed by atoms with Crippen LogP contribution in [-0.2, 0) is 12.8 Å². The van der Waals surface area contributed by atoms with Crippen molar-refractivity contribution in [2.75, 3.05) is 18.9 Å². The third kappa shape index (κ3) is 4.30. The van der Waals surface area contributed by atoms with Gasteiger partial charge >= 0.3 is 0 Å². The number of H-pyrrole nitrogens is 1. The van der Waals surface area contributed by atoms with Crippen molar-refractivity contribution in [2.24, 2.45) is 0 Å². The number of nitrogens with one attached hydrogen (secondary N) is 3. The molecule has 0 atom stereocenters. The maximum atomic E-state index is 12.2. The highest BCUT2D eigenvalue weighted by atomic mass is 16.1. The van der Waals surface area contributed by atoms with Crippen LogP contribution in [0.4, 0.5) is 5.82 Å². The lowest BCUT2D eigenvalue weighted by molar-refractivity contribution is 0.0954. The van der Waals surface area contributed by atoms with Crippen LogP contribution < -0.4 is 10.6 Å². The van der Waals surface area contributed by atoms with Crippen LogP contribution in [0.2, 0.25) is 0 Å². The average Bonchev–Trinajstić information content (AvgIpc) is 3.00. The number of aromatic nitrogens is 3. The molecule has 0 aliphatic heterocycles. The minimum absolute atomic E-state index is 0.0780. The molecule has 2 aromatic rings. The van der Waals surface area contributed by atoms with Gasteiger partial charge in [0.25, 0.3) is 5.91 Å². The topological polar surface area (TPSA) is 82.7 Å². The zero-order chi connectivity index (χ0) is 15.1. The number of aryl methyl sites for hydroxylation is 1. The van der Waals surface area contributed by atoms with E-state index in [-0.39, 0.29) is 5.91 Å². The molecule has 0 saturated carbocycles. The van der Waals surface area contributed by atoms with E-state index in [0.29, 0.717) is 12.1 Å². The Morgan fingerprint density at radius 2 is 2.19 bits per heavy atom. The predicted octanol–water partition coefficient (Wildman–Crippen LogP) is 1.77. The molecule has 0 radical (unpaired) electrons. The average molecular weight is 287 g/mol. The number of aromatic amines is 1. The fourth-order valence-corrected chi connectivity index (χ4v) is 2.07. The second-order valence-corrected chi connectivity index (χ2v) is 4.82. The normalized spacial score (nSPS) is 10.4. The van der Waals surface area contributed by atoms with Crippen molar-refractivity contribution in [1.82, 2.24) is 20.3 Å². The molecule has 0 aliphatic rings. The summed E-state index contributed by atoms with van der Waals surface area (Å²) in [6.45, 7) is 2.67. The van der Waals surface area contributed by atoms with E-state index in [2.05, 4.69) is 32.5 Å². The fraction of sp³-hybridized carbons (Fsp3) is 0.400. The first kappa shape index (κ1) is 15.0. The Kier molecular flexibility index (Phi) is 5.31. The monoisotopic (exact) mass is 287 g/mol. The number of carbonyl (C=O) groups excluding carboxylic acids is 1. The lowest BCUT2D eigenvalue weighted by Gasteiger charge is -2.09. The molecule has 1 amide bonds. The number of pyridine rings is 1. The smallest absolute Gasteiger partial charge is 0.251 e. The molecule has 0 fully saturated rings. The van der Waals surface area contributed by atoms with E-state index >= 15 is 0 Å². The van der Waals surface area contributed by atoms with Gasteiger partial charge in [-0.15, -0.1) is 0 Å². The van der Waals surface area contributed by atoms with Crippen LogP contribution in [0.15, 0.2) is 24.7 Å². The van der Waals surface area contributed by atoms with Crippen LogP contribution in [0.1, 0.15) is 35.1 Å². The quantitative estimate of drug-likeness (QED) is 0.725. The van der Waals surface area contributed by atoms with Crippen molar-refractivity contribution in [3.05, 3.63) is 41.6 Å². The molecular weight excluding hydrogens is 266 g/mol. The minimum Gasteiger partial charge on any atom is -0.373 e. The predicted molar refractivity (Wildman–Crippen MR) is 82.4 cm³/mol. The SMILES string of the molecule is CCCc1cc(C(=O)NCCc2cnc[nH]2)cc(NC)n1. The molecule has 0 aliphatic carbocycles. The Balaban J connectivity index is 1.98. The Bertz CT molecular complexity index is 580. The highest BCUT2D eigenvalue weighted by molar-refractivity contribution is 5.95. The third-order valence-electron chi connectivity index (χ3n) is 3.14. The van der Waals surface area contributed by atoms with Crippen molar-refractivity contribution in [1.29, 1.82) is 0 Å². The third-order valence-corrected chi connectivity index (χ3v) is 3.14. The molecule has 0 unspecified atom stereocenters. The minimum atomic E-state index is -0.0780. The molecule has 112 valence electrons. The molecule has 0 bridgehead atoms. The summed E-state index contributed by atoms with van der Waals surface area (Å²) in [6, 6.07) is 3.63. The van der Waals surface area contributed by atoms with Crippen LogP contribution in [0, 0.1) is 0 Å². The molecular formula is C15H21N5O. The van der Waals surface area contributed by atoms with Crippen LogP contribution in [0.5, 0.6) is 0 Å². The Morgan fingerprint density at radius 1 is 1.33 bits per heavy atom. The molecule has 6 nitrogen and oxygen atoms in total. The van der Waals surface area contributed by atoms with Crippen molar-refractivity contribution >= 4 is 11.7 Å². The number of anilines is 1. The van der Waals surface area contributed by atoms with E-state index in [9.17, 15) is 4.79 Å². The van der Waals surface area contributed by atoms with E-state index in [1.807, 2.05) is 6.07 Å². The van der Waals surface area contributed by atoms with Crippen LogP contribution >= 0.6 is 0 Å². The van der Waals surface area contributed by atoms with E-state index in [4.69, 9.17) is 0 Å². The van der Waals surface area contributed by atoms with Gasteiger partial charge in [0.15, 0.2) is 0 Å². The summed E-state index contributed by atoms with van der Waals surface area (Å²) in [7, 11) is 1.80. The molecule has 3 N–H and O–H groups in total. The van der Waals surface area contributed by atoms with Crippen LogP contribution in [0.3, 0.4) is 0 Å². The number of hydrogen-bond acceptors (Lipinski definition) is 4. The van der Waals surface area contributed by atoms with Gasteiger partial charge in [0.1, 0.15) is 5.82 Å². The van der Waals surface area contributed by atoms with Gasteiger partial charge in [0, 0.05) is 43.2 Å². The first-order valence-corrected chi connectivity index (χ1v) is 7.17. The summed E-state index contributed by atoms with van der Waals surface area (Å²) in [5.74, 6) is 0.644. The molecule has 21 heavy (non-hydrogen) atoms. The van der Waals surface area contributed by atoms with E-state index in [1.54, 1.807) is 25.6 Å². The van der Waals surface area contributed by atoms with E-state index in [0.717, 1.165) is 36.5 Å². The Morgan fingerprint density at radius 3 is 2.86 bits per heavy atom. The van der Waals surface area contributed by atoms with Gasteiger partial charge in [-0.1, -0.05) is 13.3 Å². The number of hydrogen-bond donors (Lipinski definition) is 3. The van der Waals surface area contributed by atoms with Gasteiger partial charge in [-0.25, -0.2) is 9.97 Å². The maximum Gasteiger partial charge on any atom is 0.251 e. The van der Waals surface area contributed by atoms with Gasteiger partial charge in [0.05, 0.1) is 6.33 Å². The molecule has 0 aromatic carbocycles. The lowest BCUT2D eigenvalue weighted by Crippen LogP contribution is -2.26. The summed E-state index contributed by atoms with van der Waals surface area (Å²) < 4.78 is 0. The number of amides is 1. The second kappa shape index (κ2) is 7.42. The molecule has 6 heteroatoms. The van der Waals surface area contributed by atoms with Gasteiger partial charge in [-0.3, -0.25) is 4.79 Å². The fourth-order valence-electron chi connectivity index (χ4n) is 2.07.